The third-order valence-corrected chi connectivity index (χ3v) is 6.05. The van der Waals surface area contributed by atoms with Crippen LogP contribution >= 0.6 is 0 Å². The molecule has 0 atom stereocenters. The zero-order valence-corrected chi connectivity index (χ0v) is 17.6. The molecule has 3 rings (SSSR count). The van der Waals surface area contributed by atoms with Gasteiger partial charge in [0.15, 0.2) is 0 Å². The molecule has 0 aliphatic carbocycles. The number of aromatic nitrogens is 2. The molecule has 3 aromatic rings. The van der Waals surface area contributed by atoms with Gasteiger partial charge < -0.3 is 4.90 Å². The number of hydrogen-bond donors (Lipinski definition) is 0. The second-order valence-electron chi connectivity index (χ2n) is 6.58. The van der Waals surface area contributed by atoms with Crippen LogP contribution in [-0.2, 0) is 40.1 Å². The molecule has 11 heteroatoms. The summed E-state index contributed by atoms with van der Waals surface area (Å²) in [5.41, 5.74) is 1.72. The minimum Gasteiger partial charge on any atom is -0.360 e. The molecule has 0 unspecified atom stereocenters. The van der Waals surface area contributed by atoms with E-state index >= 15 is 0 Å². The summed E-state index contributed by atoms with van der Waals surface area (Å²) in [6, 6.07) is 11.0. The van der Waals surface area contributed by atoms with Crippen LogP contribution in [0.3, 0.4) is 0 Å². The molecule has 160 valence electrons. The van der Waals surface area contributed by atoms with Crippen molar-refractivity contribution in [1.29, 1.82) is 0 Å². The van der Waals surface area contributed by atoms with Crippen LogP contribution in [-0.4, -0.2) is 26.6 Å². The normalized spacial score (nSPS) is 12.1. The van der Waals surface area contributed by atoms with Crippen molar-refractivity contribution in [2.75, 3.05) is 4.90 Å². The zero-order valence-electron chi connectivity index (χ0n) is 15.9. The maximum atomic E-state index is 13.4. The SMILES string of the molecule is CCn1cc(N(Cc2cccc(S(=O)(=O)F)c2)Cc2cccc(S(=O)(=O)F)c2)cn1. The molecule has 2 aromatic carbocycles. The molecule has 1 aromatic heterocycles. The zero-order chi connectivity index (χ0) is 21.9. The topological polar surface area (TPSA) is 89.3 Å². The first-order valence-corrected chi connectivity index (χ1v) is 11.7. The number of hydrogen-bond acceptors (Lipinski definition) is 6. The summed E-state index contributed by atoms with van der Waals surface area (Å²) < 4.78 is 73.3. The smallest absolute Gasteiger partial charge is 0.332 e. The molecule has 0 radical (unpaired) electrons. The van der Waals surface area contributed by atoms with Gasteiger partial charge in [0.2, 0.25) is 0 Å². The van der Waals surface area contributed by atoms with Crippen molar-refractivity contribution in [3.05, 3.63) is 72.1 Å². The van der Waals surface area contributed by atoms with Crippen LogP contribution in [0.4, 0.5) is 13.5 Å². The molecule has 0 bridgehead atoms. The van der Waals surface area contributed by atoms with Crippen LogP contribution in [0, 0.1) is 0 Å². The Morgan fingerprint density at radius 1 is 0.900 bits per heavy atom. The van der Waals surface area contributed by atoms with Crippen molar-refractivity contribution >= 4 is 26.1 Å². The number of benzene rings is 2. The van der Waals surface area contributed by atoms with Crippen molar-refractivity contribution in [1.82, 2.24) is 9.78 Å². The van der Waals surface area contributed by atoms with Crippen molar-refractivity contribution in [2.45, 2.75) is 36.3 Å². The molecular weight excluding hydrogens is 436 g/mol. The lowest BCUT2D eigenvalue weighted by molar-refractivity contribution is 0.550. The highest BCUT2D eigenvalue weighted by molar-refractivity contribution is 7.86. The van der Waals surface area contributed by atoms with Crippen molar-refractivity contribution < 1.29 is 24.6 Å². The van der Waals surface area contributed by atoms with Crippen LogP contribution in [0.25, 0.3) is 0 Å². The van der Waals surface area contributed by atoms with Gasteiger partial charge in [0.05, 0.1) is 21.7 Å². The lowest BCUT2D eigenvalue weighted by Crippen LogP contribution is -2.22. The second-order valence-corrected chi connectivity index (χ2v) is 9.27. The largest absolute Gasteiger partial charge is 0.360 e. The van der Waals surface area contributed by atoms with Crippen LogP contribution in [0.5, 0.6) is 0 Å². The molecule has 0 amide bonds. The molecule has 0 saturated heterocycles. The fraction of sp³-hybridized carbons (Fsp3) is 0.211. The summed E-state index contributed by atoms with van der Waals surface area (Å²) in [5.74, 6) is 0. The number of halogens is 2. The molecule has 0 fully saturated rings. The predicted molar refractivity (Wildman–Crippen MR) is 107 cm³/mol. The molecule has 0 saturated carbocycles. The average Bonchev–Trinajstić information content (AvgIpc) is 3.16. The Balaban J connectivity index is 1.96. The molecule has 30 heavy (non-hydrogen) atoms. The second kappa shape index (κ2) is 8.52. The van der Waals surface area contributed by atoms with Crippen molar-refractivity contribution in [3.8, 4) is 0 Å². The van der Waals surface area contributed by atoms with Crippen LogP contribution in [0.15, 0.2) is 70.7 Å². The van der Waals surface area contributed by atoms with Gasteiger partial charge in [-0.25, -0.2) is 0 Å². The van der Waals surface area contributed by atoms with Gasteiger partial charge in [-0.1, -0.05) is 24.3 Å². The van der Waals surface area contributed by atoms with E-state index in [9.17, 15) is 24.6 Å². The Labute approximate surface area is 174 Å². The maximum Gasteiger partial charge on any atom is 0.332 e. The first kappa shape index (κ1) is 21.9. The van der Waals surface area contributed by atoms with E-state index in [-0.39, 0.29) is 13.1 Å². The van der Waals surface area contributed by atoms with E-state index in [1.165, 1.54) is 24.3 Å². The van der Waals surface area contributed by atoms with Gasteiger partial charge in [-0.2, -0.15) is 21.9 Å². The lowest BCUT2D eigenvalue weighted by atomic mass is 10.1. The first-order chi connectivity index (χ1) is 14.1. The van der Waals surface area contributed by atoms with Gasteiger partial charge in [-0.15, -0.1) is 7.77 Å². The average molecular weight is 456 g/mol. The van der Waals surface area contributed by atoms with Crippen molar-refractivity contribution in [2.24, 2.45) is 0 Å². The summed E-state index contributed by atoms with van der Waals surface area (Å²) in [7, 11) is -9.70. The van der Waals surface area contributed by atoms with Gasteiger partial charge in [0.1, 0.15) is 0 Å². The highest BCUT2D eigenvalue weighted by atomic mass is 32.3. The first-order valence-electron chi connectivity index (χ1n) is 8.91. The van der Waals surface area contributed by atoms with Crippen LogP contribution < -0.4 is 4.90 Å². The summed E-state index contributed by atoms with van der Waals surface area (Å²) in [5, 5.41) is 4.22. The standard InChI is InChI=1S/C19H19F2N3O4S2/c1-2-24-14-17(11-22-24)23(12-15-5-3-7-18(9-15)29(20,25)26)13-16-6-4-8-19(10-16)30(21,27)28/h3-11,14H,2,12-13H2,1H3. The molecular formula is C19H19F2N3O4S2. The third kappa shape index (κ3) is 5.42. The highest BCUT2D eigenvalue weighted by Gasteiger charge is 2.17. The number of aryl methyl sites for hydroxylation is 1. The van der Waals surface area contributed by atoms with E-state index in [1.807, 2.05) is 6.92 Å². The fourth-order valence-electron chi connectivity index (χ4n) is 2.96. The van der Waals surface area contributed by atoms with Gasteiger partial charge in [0, 0.05) is 25.8 Å². The monoisotopic (exact) mass is 455 g/mol. The quantitative estimate of drug-likeness (QED) is 0.484. The molecule has 0 spiro atoms. The third-order valence-electron chi connectivity index (χ3n) is 4.42. The highest BCUT2D eigenvalue weighted by Crippen LogP contribution is 2.23. The Morgan fingerprint density at radius 3 is 1.80 bits per heavy atom. The number of anilines is 1. The summed E-state index contributed by atoms with van der Waals surface area (Å²) in [6.45, 7) is 2.90. The summed E-state index contributed by atoms with van der Waals surface area (Å²) >= 11 is 0. The fourth-order valence-corrected chi connectivity index (χ4v) is 4.03. The molecule has 1 heterocycles. The Morgan fingerprint density at radius 2 is 1.40 bits per heavy atom. The Kier molecular flexibility index (Phi) is 6.22. The molecule has 7 nitrogen and oxygen atoms in total. The number of rotatable bonds is 8. The maximum absolute atomic E-state index is 13.4. The Bertz CT molecular complexity index is 1180. The predicted octanol–water partition coefficient (Wildman–Crippen LogP) is 3.43. The van der Waals surface area contributed by atoms with Crippen LogP contribution in [0.1, 0.15) is 18.1 Å². The lowest BCUT2D eigenvalue weighted by Gasteiger charge is -2.24. The van der Waals surface area contributed by atoms with E-state index in [4.69, 9.17) is 0 Å². The van der Waals surface area contributed by atoms with Crippen LogP contribution in [0.2, 0.25) is 0 Å². The van der Waals surface area contributed by atoms with Crippen molar-refractivity contribution in [3.63, 3.8) is 0 Å². The van der Waals surface area contributed by atoms with Gasteiger partial charge >= 0.3 is 20.4 Å². The molecule has 0 aliphatic rings. The molecule has 0 aliphatic heterocycles. The van der Waals surface area contributed by atoms with E-state index < -0.39 is 30.2 Å². The van der Waals surface area contributed by atoms with E-state index in [0.29, 0.717) is 23.4 Å². The summed E-state index contributed by atoms with van der Waals surface area (Å²) in [4.78, 5) is 0.900. The molecule has 0 N–H and O–H groups in total. The number of nitrogens with zero attached hydrogens (tertiary/aromatic N) is 3. The minimum atomic E-state index is -4.85. The van der Waals surface area contributed by atoms with E-state index in [0.717, 1.165) is 12.1 Å². The Hall–Kier alpha value is -2.79. The van der Waals surface area contributed by atoms with Gasteiger partial charge in [-0.3, -0.25) is 4.68 Å². The summed E-state index contributed by atoms with van der Waals surface area (Å²) in [6.07, 6.45) is 3.38. The van der Waals surface area contributed by atoms with E-state index in [2.05, 4.69) is 5.10 Å². The van der Waals surface area contributed by atoms with E-state index in [1.54, 1.807) is 34.1 Å². The van der Waals surface area contributed by atoms with Gasteiger partial charge in [0.25, 0.3) is 0 Å². The van der Waals surface area contributed by atoms with Gasteiger partial charge in [-0.05, 0) is 42.3 Å². The minimum absolute atomic E-state index is 0.186.